The largest absolute Gasteiger partial charge is 0.416 e. The maximum absolute atomic E-state index is 13.1. The molecule has 0 radical (unpaired) electrons. The van der Waals surface area contributed by atoms with Crippen LogP contribution in [0.1, 0.15) is 59.5 Å². The molecule has 0 amide bonds. The summed E-state index contributed by atoms with van der Waals surface area (Å²) in [7, 11) is 0. The molecular weight excluding hydrogens is 466 g/mol. The van der Waals surface area contributed by atoms with Crippen LogP contribution < -0.4 is 11.1 Å². The molecule has 1 aromatic carbocycles. The summed E-state index contributed by atoms with van der Waals surface area (Å²) in [6, 6.07) is 1.60. The second kappa shape index (κ2) is 10.6. The van der Waals surface area contributed by atoms with E-state index in [0.717, 1.165) is 36.2 Å². The Labute approximate surface area is 192 Å². The highest BCUT2D eigenvalue weighted by atomic mass is 32.2. The van der Waals surface area contributed by atoms with Gasteiger partial charge in [0.25, 0.3) is 0 Å². The van der Waals surface area contributed by atoms with Crippen LogP contribution in [0.4, 0.5) is 26.3 Å². The minimum Gasteiger partial charge on any atom is -0.330 e. The Bertz CT molecular complexity index is 911. The van der Waals surface area contributed by atoms with Crippen LogP contribution in [0.15, 0.2) is 29.6 Å². The van der Waals surface area contributed by atoms with Crippen molar-refractivity contribution in [3.05, 3.63) is 52.3 Å². The van der Waals surface area contributed by atoms with Crippen molar-refractivity contribution in [2.24, 2.45) is 11.7 Å². The Morgan fingerprint density at radius 3 is 2.21 bits per heavy atom. The van der Waals surface area contributed by atoms with E-state index in [4.69, 9.17) is 5.73 Å². The molecule has 1 aliphatic carbocycles. The molecule has 182 valence electrons. The van der Waals surface area contributed by atoms with Crippen molar-refractivity contribution in [1.29, 1.82) is 0 Å². The van der Waals surface area contributed by atoms with Crippen LogP contribution in [-0.2, 0) is 25.4 Å². The summed E-state index contributed by atoms with van der Waals surface area (Å²) < 4.78 is 78.6. The first kappa shape index (κ1) is 25.8. The van der Waals surface area contributed by atoms with Crippen molar-refractivity contribution in [3.8, 4) is 0 Å². The highest BCUT2D eigenvalue weighted by Gasteiger charge is 2.36. The van der Waals surface area contributed by atoms with E-state index < -0.39 is 23.5 Å². The maximum Gasteiger partial charge on any atom is 0.416 e. The number of rotatable bonds is 10. The predicted octanol–water partition coefficient (Wildman–Crippen LogP) is 5.76. The van der Waals surface area contributed by atoms with Gasteiger partial charge in [0.2, 0.25) is 0 Å². The minimum atomic E-state index is -4.87. The molecule has 1 atom stereocenters. The molecule has 1 unspecified atom stereocenters. The Morgan fingerprint density at radius 1 is 1.06 bits per heavy atom. The molecular formula is C22H26F6N4S. The van der Waals surface area contributed by atoms with E-state index in [-0.39, 0.29) is 30.6 Å². The molecule has 1 aliphatic rings. The molecule has 4 nitrogen and oxygen atoms in total. The summed E-state index contributed by atoms with van der Waals surface area (Å²) >= 11 is 1.40. The SMILES string of the molecule is CSc1ncc(CNCc2cc(C(F)(F)F)cc(C(F)(F)F)c2)c(C(CCN)CC2CC2)n1. The van der Waals surface area contributed by atoms with Crippen LogP contribution in [0.2, 0.25) is 0 Å². The molecule has 2 aromatic rings. The number of hydrogen-bond acceptors (Lipinski definition) is 5. The number of nitrogens with zero attached hydrogens (tertiary/aromatic N) is 2. The number of halogens is 6. The van der Waals surface area contributed by atoms with E-state index in [1.807, 2.05) is 6.26 Å². The van der Waals surface area contributed by atoms with Crippen molar-refractivity contribution in [1.82, 2.24) is 15.3 Å². The number of aromatic nitrogens is 2. The van der Waals surface area contributed by atoms with Gasteiger partial charge in [-0.3, -0.25) is 0 Å². The van der Waals surface area contributed by atoms with Crippen molar-refractivity contribution >= 4 is 11.8 Å². The third kappa shape index (κ3) is 7.31. The number of nitrogens with one attached hydrogen (secondary N) is 1. The number of alkyl halides is 6. The van der Waals surface area contributed by atoms with Gasteiger partial charge < -0.3 is 11.1 Å². The number of thioether (sulfide) groups is 1. The van der Waals surface area contributed by atoms with Gasteiger partial charge in [0.05, 0.1) is 16.8 Å². The normalized spacial score (nSPS) is 15.6. The maximum atomic E-state index is 13.1. The first-order valence-corrected chi connectivity index (χ1v) is 11.8. The fourth-order valence-corrected chi connectivity index (χ4v) is 4.12. The van der Waals surface area contributed by atoms with Gasteiger partial charge in [0.1, 0.15) is 0 Å². The standard InChI is InChI=1S/C22H26F6N4S/c1-33-20-31-12-16(19(32-20)15(4-5-29)6-13-2-3-13)11-30-10-14-7-17(21(23,24)25)9-18(8-14)22(26,27)28/h7-9,12-13,15,30H,2-6,10-11,29H2,1H3. The fourth-order valence-electron chi connectivity index (χ4n) is 3.78. The molecule has 3 rings (SSSR count). The zero-order valence-corrected chi connectivity index (χ0v) is 18.9. The first-order chi connectivity index (χ1) is 15.5. The number of hydrogen-bond donors (Lipinski definition) is 2. The highest BCUT2D eigenvalue weighted by Crippen LogP contribution is 2.40. The van der Waals surface area contributed by atoms with Crippen LogP contribution in [0, 0.1) is 5.92 Å². The Hall–Kier alpha value is -1.85. The van der Waals surface area contributed by atoms with E-state index in [9.17, 15) is 26.3 Å². The Balaban J connectivity index is 1.80. The lowest BCUT2D eigenvalue weighted by Crippen LogP contribution is -2.19. The molecule has 1 heterocycles. The summed E-state index contributed by atoms with van der Waals surface area (Å²) in [5.41, 5.74) is 4.68. The smallest absolute Gasteiger partial charge is 0.330 e. The van der Waals surface area contributed by atoms with Gasteiger partial charge in [0.15, 0.2) is 5.16 Å². The molecule has 0 saturated heterocycles. The van der Waals surface area contributed by atoms with Crippen molar-refractivity contribution in [2.45, 2.75) is 62.2 Å². The van der Waals surface area contributed by atoms with Crippen molar-refractivity contribution < 1.29 is 26.3 Å². The zero-order chi connectivity index (χ0) is 24.2. The molecule has 1 saturated carbocycles. The average Bonchev–Trinajstić information content (AvgIpc) is 3.56. The molecule has 11 heteroatoms. The van der Waals surface area contributed by atoms with Crippen LogP contribution in [0.5, 0.6) is 0 Å². The molecule has 0 aliphatic heterocycles. The van der Waals surface area contributed by atoms with Gasteiger partial charge in [0, 0.05) is 30.8 Å². The summed E-state index contributed by atoms with van der Waals surface area (Å²) in [5.74, 6) is 0.777. The zero-order valence-electron chi connectivity index (χ0n) is 18.1. The molecule has 33 heavy (non-hydrogen) atoms. The van der Waals surface area contributed by atoms with E-state index in [2.05, 4.69) is 15.3 Å². The Morgan fingerprint density at radius 2 is 1.70 bits per heavy atom. The van der Waals surface area contributed by atoms with Crippen molar-refractivity contribution in [3.63, 3.8) is 0 Å². The topological polar surface area (TPSA) is 63.8 Å². The van der Waals surface area contributed by atoms with Crippen LogP contribution in [0.25, 0.3) is 0 Å². The highest BCUT2D eigenvalue weighted by molar-refractivity contribution is 7.98. The van der Waals surface area contributed by atoms with E-state index in [0.29, 0.717) is 17.6 Å². The second-order valence-electron chi connectivity index (χ2n) is 8.24. The lowest BCUT2D eigenvalue weighted by molar-refractivity contribution is -0.143. The van der Waals surface area contributed by atoms with Crippen LogP contribution in [-0.4, -0.2) is 22.8 Å². The summed E-state index contributed by atoms with van der Waals surface area (Å²) in [6.07, 6.45) is -2.16. The van der Waals surface area contributed by atoms with E-state index >= 15 is 0 Å². The summed E-state index contributed by atoms with van der Waals surface area (Å²) in [4.78, 5) is 8.96. The van der Waals surface area contributed by atoms with Gasteiger partial charge in [-0.05, 0) is 55.3 Å². The summed E-state index contributed by atoms with van der Waals surface area (Å²) in [6.45, 7) is 0.543. The van der Waals surface area contributed by atoms with Gasteiger partial charge in [-0.2, -0.15) is 26.3 Å². The minimum absolute atomic E-state index is 0.100. The van der Waals surface area contributed by atoms with E-state index in [1.165, 1.54) is 24.6 Å². The molecule has 1 aromatic heterocycles. The molecule has 3 N–H and O–H groups in total. The molecule has 1 fully saturated rings. The second-order valence-corrected chi connectivity index (χ2v) is 9.01. The fraction of sp³-hybridized carbons (Fsp3) is 0.545. The van der Waals surface area contributed by atoms with Crippen LogP contribution >= 0.6 is 11.8 Å². The summed E-state index contributed by atoms with van der Waals surface area (Å²) in [5, 5.41) is 3.58. The molecule has 0 bridgehead atoms. The lowest BCUT2D eigenvalue weighted by Gasteiger charge is -2.20. The van der Waals surface area contributed by atoms with E-state index in [1.54, 1.807) is 6.20 Å². The third-order valence-electron chi connectivity index (χ3n) is 5.57. The van der Waals surface area contributed by atoms with Gasteiger partial charge in [-0.15, -0.1) is 0 Å². The Kier molecular flexibility index (Phi) is 8.28. The lowest BCUT2D eigenvalue weighted by atomic mass is 9.92. The van der Waals surface area contributed by atoms with Gasteiger partial charge in [-0.25, -0.2) is 9.97 Å². The van der Waals surface area contributed by atoms with Crippen molar-refractivity contribution in [2.75, 3.05) is 12.8 Å². The molecule has 0 spiro atoms. The monoisotopic (exact) mass is 492 g/mol. The first-order valence-electron chi connectivity index (χ1n) is 10.6. The van der Waals surface area contributed by atoms with Crippen LogP contribution in [0.3, 0.4) is 0 Å². The quantitative estimate of drug-likeness (QED) is 0.251. The number of benzene rings is 1. The van der Waals surface area contributed by atoms with Gasteiger partial charge >= 0.3 is 12.4 Å². The predicted molar refractivity (Wildman–Crippen MR) is 115 cm³/mol. The van der Waals surface area contributed by atoms with Gasteiger partial charge in [-0.1, -0.05) is 24.6 Å². The average molecular weight is 493 g/mol. The number of nitrogens with two attached hydrogens (primary N) is 1. The third-order valence-corrected chi connectivity index (χ3v) is 6.13.